The van der Waals surface area contributed by atoms with Crippen molar-refractivity contribution in [3.8, 4) is 0 Å². The molecule has 0 N–H and O–H groups in total. The van der Waals surface area contributed by atoms with Gasteiger partial charge in [-0.1, -0.05) is 65.4 Å². The molecule has 0 atom stereocenters. The summed E-state index contributed by atoms with van der Waals surface area (Å²) < 4.78 is 18.4. The van der Waals surface area contributed by atoms with Crippen LogP contribution in [-0.2, 0) is 13.3 Å². The summed E-state index contributed by atoms with van der Waals surface area (Å²) in [6, 6.07) is 0. The molecule has 4 heteroatoms. The standard InChI is InChI=1S/C18H38O3Si/c1-5-9-12-15-19-22(18-8-4,20-16-13-10-6-2)21-17-14-11-7-3/h8,18H,5-7,9-17H2,1-4H3. The van der Waals surface area contributed by atoms with Crippen LogP contribution in [0.3, 0.4) is 0 Å². The third-order valence-corrected chi connectivity index (χ3v) is 6.09. The molecule has 0 unspecified atom stereocenters. The molecule has 132 valence electrons. The summed E-state index contributed by atoms with van der Waals surface area (Å²) in [5.74, 6) is 0. The second-order valence-corrected chi connectivity index (χ2v) is 8.18. The van der Waals surface area contributed by atoms with Crippen LogP contribution in [0.2, 0.25) is 0 Å². The molecule has 0 aliphatic heterocycles. The number of allylic oxidation sites excluding steroid dienone is 1. The number of unbranched alkanes of at least 4 members (excludes halogenated alkanes) is 6. The van der Waals surface area contributed by atoms with Gasteiger partial charge in [0.05, 0.1) is 0 Å². The fraction of sp³-hybridized carbons (Fsp3) is 0.889. The van der Waals surface area contributed by atoms with Gasteiger partial charge >= 0.3 is 8.80 Å². The predicted octanol–water partition coefficient (Wildman–Crippen LogP) is 5.66. The maximum Gasteiger partial charge on any atom is 0.529 e. The molecule has 0 spiro atoms. The Morgan fingerprint density at radius 2 is 1.00 bits per heavy atom. The molecule has 0 aliphatic rings. The molecule has 0 amide bonds. The van der Waals surface area contributed by atoms with Crippen LogP contribution in [0.25, 0.3) is 0 Å². The molecule has 0 radical (unpaired) electrons. The van der Waals surface area contributed by atoms with Crippen LogP contribution in [0.4, 0.5) is 0 Å². The highest BCUT2D eigenvalue weighted by atomic mass is 28.4. The van der Waals surface area contributed by atoms with Crippen LogP contribution in [0, 0.1) is 0 Å². The minimum absolute atomic E-state index is 0.742. The van der Waals surface area contributed by atoms with Crippen molar-refractivity contribution in [2.75, 3.05) is 19.8 Å². The van der Waals surface area contributed by atoms with Gasteiger partial charge in [-0.05, 0) is 31.9 Å². The van der Waals surface area contributed by atoms with Gasteiger partial charge in [0.15, 0.2) is 0 Å². The molecule has 0 aromatic rings. The average molecular weight is 331 g/mol. The normalized spacial score (nSPS) is 12.4. The summed E-state index contributed by atoms with van der Waals surface area (Å²) >= 11 is 0. The van der Waals surface area contributed by atoms with E-state index < -0.39 is 8.80 Å². The van der Waals surface area contributed by atoms with Gasteiger partial charge in [-0.15, -0.1) is 0 Å². The summed E-state index contributed by atoms with van der Waals surface area (Å²) in [6.07, 6.45) is 12.5. The van der Waals surface area contributed by atoms with Gasteiger partial charge in [0.1, 0.15) is 0 Å². The summed E-state index contributed by atoms with van der Waals surface area (Å²) in [7, 11) is -2.63. The van der Waals surface area contributed by atoms with Gasteiger partial charge in [-0.3, -0.25) is 0 Å². The summed E-state index contributed by atoms with van der Waals surface area (Å²) in [4.78, 5) is 0. The summed E-state index contributed by atoms with van der Waals surface area (Å²) in [5, 5.41) is 0. The van der Waals surface area contributed by atoms with E-state index in [2.05, 4.69) is 26.5 Å². The molecule has 0 saturated carbocycles. The molecule has 0 saturated heterocycles. The van der Waals surface area contributed by atoms with Crippen molar-refractivity contribution >= 4 is 8.80 Å². The second kappa shape index (κ2) is 15.7. The zero-order valence-electron chi connectivity index (χ0n) is 15.4. The van der Waals surface area contributed by atoms with Crippen LogP contribution in [-0.4, -0.2) is 28.6 Å². The largest absolute Gasteiger partial charge is 0.529 e. The topological polar surface area (TPSA) is 27.7 Å². The fourth-order valence-corrected chi connectivity index (χ4v) is 4.41. The van der Waals surface area contributed by atoms with E-state index in [-0.39, 0.29) is 0 Å². The smallest absolute Gasteiger partial charge is 0.370 e. The Kier molecular flexibility index (Phi) is 15.6. The molecular formula is C18H38O3Si. The highest BCUT2D eigenvalue weighted by Crippen LogP contribution is 2.16. The summed E-state index contributed by atoms with van der Waals surface area (Å²) in [6.45, 7) is 10.9. The highest BCUT2D eigenvalue weighted by molar-refractivity contribution is 6.66. The predicted molar refractivity (Wildman–Crippen MR) is 97.0 cm³/mol. The van der Waals surface area contributed by atoms with E-state index in [0.717, 1.165) is 39.1 Å². The first-order valence-corrected chi connectivity index (χ1v) is 11.1. The maximum absolute atomic E-state index is 6.14. The quantitative estimate of drug-likeness (QED) is 0.270. The van der Waals surface area contributed by atoms with E-state index in [0.29, 0.717) is 0 Å². The van der Waals surface area contributed by atoms with Gasteiger partial charge in [0.25, 0.3) is 0 Å². The van der Waals surface area contributed by atoms with Gasteiger partial charge in [0, 0.05) is 19.8 Å². The van der Waals surface area contributed by atoms with Gasteiger partial charge in [0.2, 0.25) is 0 Å². The average Bonchev–Trinajstić information content (AvgIpc) is 2.53. The molecule has 0 aromatic heterocycles. The van der Waals surface area contributed by atoms with Crippen molar-refractivity contribution < 1.29 is 13.3 Å². The lowest BCUT2D eigenvalue weighted by Crippen LogP contribution is -2.45. The second-order valence-electron chi connectivity index (χ2n) is 5.77. The SMILES string of the molecule is CC=C[Si](OCCCCC)(OCCCCC)OCCCCC. The van der Waals surface area contributed by atoms with E-state index >= 15 is 0 Å². The van der Waals surface area contributed by atoms with Crippen molar-refractivity contribution in [2.24, 2.45) is 0 Å². The van der Waals surface area contributed by atoms with Crippen molar-refractivity contribution in [2.45, 2.75) is 85.5 Å². The Labute approximate surface area is 139 Å². The first-order chi connectivity index (χ1) is 10.7. The molecule has 0 heterocycles. The lowest BCUT2D eigenvalue weighted by atomic mass is 10.3. The van der Waals surface area contributed by atoms with Crippen molar-refractivity contribution in [1.82, 2.24) is 0 Å². The van der Waals surface area contributed by atoms with Gasteiger partial charge in [-0.25, -0.2) is 0 Å². The van der Waals surface area contributed by atoms with Crippen LogP contribution >= 0.6 is 0 Å². The lowest BCUT2D eigenvalue weighted by molar-refractivity contribution is 0.0675. The zero-order valence-corrected chi connectivity index (χ0v) is 16.4. The van der Waals surface area contributed by atoms with Crippen molar-refractivity contribution in [1.29, 1.82) is 0 Å². The molecule has 3 nitrogen and oxygen atoms in total. The maximum atomic E-state index is 6.14. The van der Waals surface area contributed by atoms with E-state index in [1.54, 1.807) is 0 Å². The van der Waals surface area contributed by atoms with Crippen molar-refractivity contribution in [3.05, 3.63) is 11.8 Å². The van der Waals surface area contributed by atoms with Crippen molar-refractivity contribution in [3.63, 3.8) is 0 Å². The Morgan fingerprint density at radius 3 is 1.27 bits per heavy atom. The van der Waals surface area contributed by atoms with Crippen LogP contribution < -0.4 is 0 Å². The lowest BCUT2D eigenvalue weighted by Gasteiger charge is -2.27. The van der Waals surface area contributed by atoms with E-state index in [9.17, 15) is 0 Å². The van der Waals surface area contributed by atoms with E-state index in [1.165, 1.54) is 38.5 Å². The molecular weight excluding hydrogens is 292 g/mol. The summed E-state index contributed by atoms with van der Waals surface area (Å²) in [5.41, 5.74) is 2.05. The first-order valence-electron chi connectivity index (χ1n) is 9.30. The molecule has 0 aromatic carbocycles. The van der Waals surface area contributed by atoms with Gasteiger partial charge < -0.3 is 13.3 Å². The fourth-order valence-electron chi connectivity index (χ4n) is 2.17. The Balaban J connectivity index is 4.47. The Bertz CT molecular complexity index is 225. The third-order valence-electron chi connectivity index (χ3n) is 3.52. The molecule has 0 rings (SSSR count). The molecule has 0 fully saturated rings. The Hall–Kier alpha value is -0.163. The molecule has 22 heavy (non-hydrogen) atoms. The van der Waals surface area contributed by atoms with Crippen LogP contribution in [0.1, 0.15) is 85.5 Å². The molecule has 0 bridgehead atoms. The highest BCUT2D eigenvalue weighted by Gasteiger charge is 2.38. The number of hydrogen-bond donors (Lipinski definition) is 0. The minimum atomic E-state index is -2.63. The minimum Gasteiger partial charge on any atom is -0.370 e. The first kappa shape index (κ1) is 21.8. The van der Waals surface area contributed by atoms with Crippen LogP contribution in [0.15, 0.2) is 11.8 Å². The monoisotopic (exact) mass is 330 g/mol. The Morgan fingerprint density at radius 1 is 0.636 bits per heavy atom. The van der Waals surface area contributed by atoms with Crippen LogP contribution in [0.5, 0.6) is 0 Å². The van der Waals surface area contributed by atoms with E-state index in [1.807, 2.05) is 13.0 Å². The van der Waals surface area contributed by atoms with E-state index in [4.69, 9.17) is 13.3 Å². The number of rotatable bonds is 16. The molecule has 0 aliphatic carbocycles. The number of hydrogen-bond acceptors (Lipinski definition) is 3. The van der Waals surface area contributed by atoms with Gasteiger partial charge in [-0.2, -0.15) is 0 Å². The third kappa shape index (κ3) is 11.4. The zero-order chi connectivity index (χ0) is 16.5.